The molecule has 0 heterocycles. The number of hydrogen-bond acceptors (Lipinski definition) is 7. The molecule has 4 atom stereocenters. The zero-order valence-electron chi connectivity index (χ0n) is 22.1. The summed E-state index contributed by atoms with van der Waals surface area (Å²) in [6.07, 6.45) is 3.75. The van der Waals surface area contributed by atoms with Crippen LogP contribution in [0, 0.1) is 11.8 Å². The minimum atomic E-state index is -1.34. The van der Waals surface area contributed by atoms with Gasteiger partial charge in [-0.05, 0) is 30.4 Å². The molecule has 0 fully saturated rings. The van der Waals surface area contributed by atoms with Crippen molar-refractivity contribution in [1.82, 2.24) is 10.6 Å². The summed E-state index contributed by atoms with van der Waals surface area (Å²) in [5.74, 6) is -4.63. The Kier molecular flexibility index (Phi) is 13.2. The first-order valence-electron chi connectivity index (χ1n) is 12.6. The molecule has 208 valence electrons. The summed E-state index contributed by atoms with van der Waals surface area (Å²) < 4.78 is 10.2. The van der Waals surface area contributed by atoms with Gasteiger partial charge in [-0.2, -0.15) is 0 Å². The molecule has 1 unspecified atom stereocenters. The standard InChI is InChI=1S/C30H36N2O7/c1-4-12-23(18-21-14-8-6-9-15-21)29(36)39-20-26(30(37)38-3)32-28(35)24(13-5-2)27(34)31-25(19-33)22-16-10-7-11-17-22/h4-11,14-17,23-26,33H,1-2,12-13,18-20H2,3H3,(H,31,34)(H,32,35)/t23-,24?,25-,26+/m0/s1. The van der Waals surface area contributed by atoms with Gasteiger partial charge in [-0.1, -0.05) is 72.8 Å². The third kappa shape index (κ3) is 9.86. The highest BCUT2D eigenvalue weighted by molar-refractivity contribution is 6.01. The fourth-order valence-corrected chi connectivity index (χ4v) is 3.92. The Morgan fingerprint density at radius 1 is 0.872 bits per heavy atom. The van der Waals surface area contributed by atoms with E-state index in [1.807, 2.05) is 30.3 Å². The van der Waals surface area contributed by atoms with Gasteiger partial charge < -0.3 is 25.2 Å². The predicted molar refractivity (Wildman–Crippen MR) is 146 cm³/mol. The highest BCUT2D eigenvalue weighted by atomic mass is 16.5. The number of nitrogens with one attached hydrogen (secondary N) is 2. The Morgan fingerprint density at radius 3 is 2.03 bits per heavy atom. The molecular formula is C30H36N2O7. The molecule has 0 spiro atoms. The topological polar surface area (TPSA) is 131 Å². The molecule has 0 saturated heterocycles. The van der Waals surface area contributed by atoms with Crippen LogP contribution in [-0.4, -0.2) is 55.2 Å². The van der Waals surface area contributed by atoms with Gasteiger partial charge in [0.05, 0.1) is 25.7 Å². The molecule has 2 rings (SSSR count). The monoisotopic (exact) mass is 536 g/mol. The van der Waals surface area contributed by atoms with E-state index in [2.05, 4.69) is 23.8 Å². The summed E-state index contributed by atoms with van der Waals surface area (Å²) in [6, 6.07) is 16.1. The number of carbonyl (C=O) groups is 4. The number of methoxy groups -OCH3 is 1. The van der Waals surface area contributed by atoms with E-state index < -0.39 is 54.3 Å². The van der Waals surface area contributed by atoms with E-state index in [-0.39, 0.29) is 13.0 Å². The van der Waals surface area contributed by atoms with E-state index in [4.69, 9.17) is 9.47 Å². The third-order valence-corrected chi connectivity index (χ3v) is 6.04. The summed E-state index contributed by atoms with van der Waals surface area (Å²) in [5.41, 5.74) is 1.60. The second-order valence-corrected chi connectivity index (χ2v) is 8.86. The molecule has 39 heavy (non-hydrogen) atoms. The molecule has 0 aromatic heterocycles. The molecular weight excluding hydrogens is 500 g/mol. The largest absolute Gasteiger partial charge is 0.467 e. The lowest BCUT2D eigenvalue weighted by Crippen LogP contribution is -2.50. The normalized spacial score (nSPS) is 13.6. The molecule has 0 saturated carbocycles. The van der Waals surface area contributed by atoms with E-state index >= 15 is 0 Å². The van der Waals surface area contributed by atoms with Crippen molar-refractivity contribution in [2.45, 2.75) is 31.3 Å². The van der Waals surface area contributed by atoms with Crippen LogP contribution in [-0.2, 0) is 35.1 Å². The molecule has 0 radical (unpaired) electrons. The predicted octanol–water partition coefficient (Wildman–Crippen LogP) is 2.66. The number of amides is 2. The second kappa shape index (κ2) is 16.6. The zero-order chi connectivity index (χ0) is 28.6. The van der Waals surface area contributed by atoms with Crippen molar-refractivity contribution in [3.05, 3.63) is 97.1 Å². The maximum absolute atomic E-state index is 13.1. The van der Waals surface area contributed by atoms with Gasteiger partial charge in [0.15, 0.2) is 6.04 Å². The molecule has 0 aliphatic carbocycles. The highest BCUT2D eigenvalue weighted by Crippen LogP contribution is 2.16. The molecule has 2 aromatic rings. The number of rotatable bonds is 16. The molecule has 0 bridgehead atoms. The summed E-state index contributed by atoms with van der Waals surface area (Å²) in [5, 5.41) is 14.9. The van der Waals surface area contributed by atoms with Crippen molar-refractivity contribution in [3.63, 3.8) is 0 Å². The molecule has 2 aromatic carbocycles. The number of benzene rings is 2. The number of aliphatic hydroxyl groups excluding tert-OH is 1. The number of allylic oxidation sites excluding steroid dienone is 2. The van der Waals surface area contributed by atoms with Gasteiger partial charge in [-0.15, -0.1) is 13.2 Å². The second-order valence-electron chi connectivity index (χ2n) is 8.86. The van der Waals surface area contributed by atoms with Crippen LogP contribution in [0.4, 0.5) is 0 Å². The van der Waals surface area contributed by atoms with Crippen molar-refractivity contribution >= 4 is 23.8 Å². The number of esters is 2. The van der Waals surface area contributed by atoms with Gasteiger partial charge in [0.2, 0.25) is 11.8 Å². The highest BCUT2D eigenvalue weighted by Gasteiger charge is 2.32. The van der Waals surface area contributed by atoms with Gasteiger partial charge in [-0.25, -0.2) is 4.79 Å². The third-order valence-electron chi connectivity index (χ3n) is 6.04. The lowest BCUT2D eigenvalue weighted by Gasteiger charge is -2.23. The quantitative estimate of drug-likeness (QED) is 0.171. The van der Waals surface area contributed by atoms with Gasteiger partial charge in [0.25, 0.3) is 0 Å². The maximum atomic E-state index is 13.1. The Morgan fingerprint density at radius 2 is 1.46 bits per heavy atom. The molecule has 9 nitrogen and oxygen atoms in total. The van der Waals surface area contributed by atoms with E-state index in [1.165, 1.54) is 6.08 Å². The fourth-order valence-electron chi connectivity index (χ4n) is 3.92. The first-order valence-corrected chi connectivity index (χ1v) is 12.6. The van der Waals surface area contributed by atoms with Crippen LogP contribution in [0.5, 0.6) is 0 Å². The molecule has 0 aliphatic rings. The van der Waals surface area contributed by atoms with Gasteiger partial charge in [0, 0.05) is 0 Å². The van der Waals surface area contributed by atoms with Crippen molar-refractivity contribution in [3.8, 4) is 0 Å². The van der Waals surface area contributed by atoms with Crippen molar-refractivity contribution in [2.24, 2.45) is 11.8 Å². The smallest absolute Gasteiger partial charge is 0.331 e. The van der Waals surface area contributed by atoms with Crippen LogP contribution in [0.1, 0.15) is 30.0 Å². The van der Waals surface area contributed by atoms with E-state index in [1.54, 1.807) is 36.4 Å². The van der Waals surface area contributed by atoms with E-state index in [0.717, 1.165) is 12.7 Å². The molecule has 9 heteroatoms. The van der Waals surface area contributed by atoms with Gasteiger partial charge in [-0.3, -0.25) is 14.4 Å². The fraction of sp³-hybridized carbons (Fsp3) is 0.333. The van der Waals surface area contributed by atoms with Crippen molar-refractivity contribution in [2.75, 3.05) is 20.3 Å². The lowest BCUT2D eigenvalue weighted by molar-refractivity contribution is -0.155. The zero-order valence-corrected chi connectivity index (χ0v) is 22.1. The van der Waals surface area contributed by atoms with Crippen molar-refractivity contribution < 1.29 is 33.8 Å². The van der Waals surface area contributed by atoms with Crippen LogP contribution in [0.3, 0.4) is 0 Å². The minimum absolute atomic E-state index is 0.0310. The Labute approximate surface area is 228 Å². The first kappa shape index (κ1) is 31.0. The summed E-state index contributed by atoms with van der Waals surface area (Å²) in [6.45, 7) is 6.44. The van der Waals surface area contributed by atoms with Crippen LogP contribution >= 0.6 is 0 Å². The average Bonchev–Trinajstić information content (AvgIpc) is 2.96. The first-order chi connectivity index (χ1) is 18.8. The van der Waals surface area contributed by atoms with Crippen LogP contribution in [0.2, 0.25) is 0 Å². The number of ether oxygens (including phenoxy) is 2. The van der Waals surface area contributed by atoms with E-state index in [9.17, 15) is 24.3 Å². The number of aliphatic hydroxyl groups is 1. The maximum Gasteiger partial charge on any atom is 0.331 e. The number of carbonyl (C=O) groups excluding carboxylic acids is 4. The van der Waals surface area contributed by atoms with E-state index in [0.29, 0.717) is 18.4 Å². The Hall–Kier alpha value is -4.24. The van der Waals surface area contributed by atoms with Gasteiger partial charge >= 0.3 is 11.9 Å². The van der Waals surface area contributed by atoms with Crippen LogP contribution in [0.25, 0.3) is 0 Å². The average molecular weight is 537 g/mol. The van der Waals surface area contributed by atoms with Crippen LogP contribution < -0.4 is 10.6 Å². The Balaban J connectivity index is 2.09. The minimum Gasteiger partial charge on any atom is -0.467 e. The summed E-state index contributed by atoms with van der Waals surface area (Å²) >= 11 is 0. The van der Waals surface area contributed by atoms with Crippen molar-refractivity contribution in [1.29, 1.82) is 0 Å². The summed E-state index contributed by atoms with van der Waals surface area (Å²) in [7, 11) is 1.14. The SMILES string of the molecule is C=CCC(C(=O)N[C@@H](CO)c1ccccc1)C(=O)N[C@H](COC(=O)[C@@H](CC=C)Cc1ccccc1)C(=O)OC. The molecule has 2 amide bonds. The van der Waals surface area contributed by atoms with Gasteiger partial charge in [0.1, 0.15) is 12.5 Å². The Bertz CT molecular complexity index is 1100. The lowest BCUT2D eigenvalue weighted by atomic mass is 9.96. The summed E-state index contributed by atoms with van der Waals surface area (Å²) in [4.78, 5) is 51.3. The molecule has 0 aliphatic heterocycles. The number of hydrogen-bond donors (Lipinski definition) is 3. The molecule has 3 N–H and O–H groups in total. The van der Waals surface area contributed by atoms with Crippen LogP contribution in [0.15, 0.2) is 86.0 Å².